The molecular weight excluding hydrogens is 336 g/mol. The van der Waals surface area contributed by atoms with Gasteiger partial charge in [-0.05, 0) is 31.0 Å². The second kappa shape index (κ2) is 9.88. The van der Waals surface area contributed by atoms with Crippen LogP contribution in [-0.4, -0.2) is 31.7 Å². The summed E-state index contributed by atoms with van der Waals surface area (Å²) in [4.78, 5) is 10.3. The van der Waals surface area contributed by atoms with E-state index in [0.29, 0.717) is 18.8 Å². The van der Waals surface area contributed by atoms with E-state index in [1.54, 1.807) is 25.6 Å². The molecule has 0 aliphatic carbocycles. The average Bonchev–Trinajstić information content (AvgIpc) is 3.11. The lowest BCUT2D eigenvalue weighted by molar-refractivity contribution is 0.354. The molecule has 0 unspecified atom stereocenters. The van der Waals surface area contributed by atoms with E-state index in [-0.39, 0.29) is 0 Å². The maximum absolute atomic E-state index is 5.34. The average molecular weight is 362 g/mol. The van der Waals surface area contributed by atoms with Gasteiger partial charge in [0, 0.05) is 17.6 Å². The fraction of sp³-hybridized carbons (Fsp3) is 0.444. The predicted octanol–water partition coefficient (Wildman–Crippen LogP) is 2.98. The van der Waals surface area contributed by atoms with Crippen molar-refractivity contribution in [1.29, 1.82) is 0 Å². The van der Waals surface area contributed by atoms with Crippen LogP contribution in [0.5, 0.6) is 11.5 Å². The van der Waals surface area contributed by atoms with Crippen LogP contribution in [0.1, 0.15) is 29.3 Å². The zero-order valence-corrected chi connectivity index (χ0v) is 16.1. The number of guanidine groups is 1. The minimum atomic E-state index is 0.549. The molecule has 2 rings (SSSR count). The highest BCUT2D eigenvalue weighted by atomic mass is 32.1. The van der Waals surface area contributed by atoms with Crippen LogP contribution in [0.25, 0.3) is 0 Å². The van der Waals surface area contributed by atoms with Gasteiger partial charge in [-0.25, -0.2) is 9.98 Å². The highest BCUT2D eigenvalue weighted by molar-refractivity contribution is 7.11. The lowest BCUT2D eigenvalue weighted by atomic mass is 10.2. The SMILES string of the molecule is CCNC(=NCc1ccc(OC)c(OC)c1)NCc1ncc(CC)s1. The molecule has 0 fully saturated rings. The van der Waals surface area contributed by atoms with Crippen LogP contribution in [0.2, 0.25) is 0 Å². The molecule has 1 heterocycles. The van der Waals surface area contributed by atoms with Gasteiger partial charge in [-0.1, -0.05) is 13.0 Å². The minimum Gasteiger partial charge on any atom is -0.493 e. The van der Waals surface area contributed by atoms with Crippen molar-refractivity contribution >= 4 is 17.3 Å². The van der Waals surface area contributed by atoms with Crippen LogP contribution in [-0.2, 0) is 19.5 Å². The quantitative estimate of drug-likeness (QED) is 0.558. The molecule has 1 aromatic carbocycles. The molecule has 2 N–H and O–H groups in total. The Balaban J connectivity index is 2.01. The van der Waals surface area contributed by atoms with Crippen molar-refractivity contribution in [3.63, 3.8) is 0 Å². The molecule has 0 spiro atoms. The van der Waals surface area contributed by atoms with Crippen LogP contribution in [0.3, 0.4) is 0 Å². The van der Waals surface area contributed by atoms with E-state index in [9.17, 15) is 0 Å². The Morgan fingerprint density at radius 2 is 1.96 bits per heavy atom. The summed E-state index contributed by atoms with van der Waals surface area (Å²) < 4.78 is 10.6. The fourth-order valence-corrected chi connectivity index (χ4v) is 3.05. The molecule has 25 heavy (non-hydrogen) atoms. The third-order valence-electron chi connectivity index (χ3n) is 3.57. The molecule has 0 bridgehead atoms. The molecule has 0 saturated heterocycles. The van der Waals surface area contributed by atoms with Gasteiger partial charge in [0.05, 0.1) is 27.3 Å². The van der Waals surface area contributed by atoms with E-state index in [1.165, 1.54) is 4.88 Å². The third kappa shape index (κ3) is 5.63. The fourth-order valence-electron chi connectivity index (χ4n) is 2.24. The first kappa shape index (κ1) is 19.1. The number of rotatable bonds is 8. The summed E-state index contributed by atoms with van der Waals surface area (Å²) in [5, 5.41) is 7.64. The summed E-state index contributed by atoms with van der Waals surface area (Å²) in [6.45, 7) is 6.21. The molecule has 0 aliphatic rings. The predicted molar refractivity (Wildman–Crippen MR) is 103 cm³/mol. The Morgan fingerprint density at radius 3 is 2.60 bits per heavy atom. The van der Waals surface area contributed by atoms with Gasteiger partial charge in [0.15, 0.2) is 17.5 Å². The van der Waals surface area contributed by atoms with Gasteiger partial charge in [0.1, 0.15) is 5.01 Å². The minimum absolute atomic E-state index is 0.549. The Kier molecular flexibility index (Phi) is 7.53. The largest absolute Gasteiger partial charge is 0.493 e. The Morgan fingerprint density at radius 1 is 1.16 bits per heavy atom. The summed E-state index contributed by atoms with van der Waals surface area (Å²) in [7, 11) is 3.26. The van der Waals surface area contributed by atoms with Gasteiger partial charge < -0.3 is 20.1 Å². The van der Waals surface area contributed by atoms with Crippen LogP contribution < -0.4 is 20.1 Å². The number of ether oxygens (including phenoxy) is 2. The number of aryl methyl sites for hydroxylation is 1. The van der Waals surface area contributed by atoms with Gasteiger partial charge in [0.25, 0.3) is 0 Å². The molecule has 0 saturated carbocycles. The monoisotopic (exact) mass is 362 g/mol. The number of nitrogens with one attached hydrogen (secondary N) is 2. The number of hydrogen-bond donors (Lipinski definition) is 2. The molecule has 2 aromatic rings. The van der Waals surface area contributed by atoms with Crippen molar-refractivity contribution in [2.75, 3.05) is 20.8 Å². The molecule has 6 nitrogen and oxygen atoms in total. The summed E-state index contributed by atoms with van der Waals surface area (Å²) in [5.41, 5.74) is 1.05. The number of hydrogen-bond acceptors (Lipinski definition) is 5. The molecule has 0 aliphatic heterocycles. The van der Waals surface area contributed by atoms with Crippen LogP contribution in [0.15, 0.2) is 29.4 Å². The second-order valence-corrected chi connectivity index (χ2v) is 6.51. The van der Waals surface area contributed by atoms with E-state index in [0.717, 1.165) is 35.2 Å². The summed E-state index contributed by atoms with van der Waals surface area (Å²) >= 11 is 1.73. The van der Waals surface area contributed by atoms with Crippen molar-refractivity contribution in [2.45, 2.75) is 33.4 Å². The van der Waals surface area contributed by atoms with Crippen LogP contribution in [0, 0.1) is 0 Å². The van der Waals surface area contributed by atoms with Crippen molar-refractivity contribution in [3.05, 3.63) is 39.8 Å². The lowest BCUT2D eigenvalue weighted by Crippen LogP contribution is -2.36. The van der Waals surface area contributed by atoms with Gasteiger partial charge in [0.2, 0.25) is 0 Å². The van der Waals surface area contributed by atoms with Crippen molar-refractivity contribution in [2.24, 2.45) is 4.99 Å². The number of methoxy groups -OCH3 is 2. The van der Waals surface area contributed by atoms with Crippen molar-refractivity contribution < 1.29 is 9.47 Å². The van der Waals surface area contributed by atoms with Crippen LogP contribution >= 0.6 is 11.3 Å². The lowest BCUT2D eigenvalue weighted by Gasteiger charge is -2.11. The summed E-state index contributed by atoms with van der Waals surface area (Å²) in [5.74, 6) is 2.20. The van der Waals surface area contributed by atoms with E-state index in [1.807, 2.05) is 31.3 Å². The van der Waals surface area contributed by atoms with Gasteiger partial charge in [-0.2, -0.15) is 0 Å². The standard InChI is InChI=1S/C18H26N4O2S/c1-5-14-11-20-17(25-14)12-22-18(19-6-2)21-10-13-7-8-15(23-3)16(9-13)24-4/h7-9,11H,5-6,10,12H2,1-4H3,(H2,19,21,22). The number of nitrogens with zero attached hydrogens (tertiary/aromatic N) is 2. The highest BCUT2D eigenvalue weighted by Crippen LogP contribution is 2.27. The van der Waals surface area contributed by atoms with E-state index < -0.39 is 0 Å². The number of benzene rings is 1. The molecule has 1 aromatic heterocycles. The topological polar surface area (TPSA) is 67.8 Å². The zero-order chi connectivity index (χ0) is 18.1. The summed E-state index contributed by atoms with van der Waals surface area (Å²) in [6.07, 6.45) is 2.96. The van der Waals surface area contributed by atoms with E-state index >= 15 is 0 Å². The van der Waals surface area contributed by atoms with Crippen LogP contribution in [0.4, 0.5) is 0 Å². The number of aliphatic imine (C=N–C) groups is 1. The second-order valence-electron chi connectivity index (χ2n) is 5.31. The first-order chi connectivity index (χ1) is 12.2. The van der Waals surface area contributed by atoms with Gasteiger partial charge in [-0.3, -0.25) is 0 Å². The molecule has 7 heteroatoms. The maximum atomic E-state index is 5.34. The van der Waals surface area contributed by atoms with E-state index in [2.05, 4.69) is 27.5 Å². The Hall–Kier alpha value is -2.28. The van der Waals surface area contributed by atoms with Gasteiger partial charge >= 0.3 is 0 Å². The molecule has 0 radical (unpaired) electrons. The maximum Gasteiger partial charge on any atom is 0.191 e. The Labute approximate surface area is 153 Å². The highest BCUT2D eigenvalue weighted by Gasteiger charge is 2.06. The molecule has 0 atom stereocenters. The zero-order valence-electron chi connectivity index (χ0n) is 15.3. The summed E-state index contributed by atoms with van der Waals surface area (Å²) in [6, 6.07) is 5.83. The van der Waals surface area contributed by atoms with Crippen molar-refractivity contribution in [3.8, 4) is 11.5 Å². The molecule has 0 amide bonds. The first-order valence-corrected chi connectivity index (χ1v) is 9.18. The van der Waals surface area contributed by atoms with E-state index in [4.69, 9.17) is 9.47 Å². The third-order valence-corrected chi connectivity index (χ3v) is 4.71. The Bertz CT molecular complexity index is 700. The molecule has 136 valence electrons. The number of thiazole rings is 1. The molecular formula is C18H26N4O2S. The smallest absolute Gasteiger partial charge is 0.191 e. The van der Waals surface area contributed by atoms with Crippen molar-refractivity contribution in [1.82, 2.24) is 15.6 Å². The van der Waals surface area contributed by atoms with Gasteiger partial charge in [-0.15, -0.1) is 11.3 Å². The number of aromatic nitrogens is 1. The first-order valence-electron chi connectivity index (χ1n) is 8.36. The normalized spacial score (nSPS) is 11.3.